The summed E-state index contributed by atoms with van der Waals surface area (Å²) in [6, 6.07) is 13.2. The number of hydrogen-bond donors (Lipinski definition) is 2. The largest absolute Gasteiger partial charge is 0.316 e. The lowest BCUT2D eigenvalue weighted by Gasteiger charge is -2.26. The van der Waals surface area contributed by atoms with Gasteiger partial charge in [-0.3, -0.25) is 4.72 Å². The van der Waals surface area contributed by atoms with E-state index < -0.39 is 10.0 Å². The van der Waals surface area contributed by atoms with Crippen LogP contribution in [-0.4, -0.2) is 21.5 Å². The molecule has 6 heteroatoms. The molecule has 0 saturated carbocycles. The van der Waals surface area contributed by atoms with Gasteiger partial charge >= 0.3 is 0 Å². The van der Waals surface area contributed by atoms with Crippen molar-refractivity contribution in [2.24, 2.45) is 0 Å². The minimum Gasteiger partial charge on any atom is -0.316 e. The molecule has 0 saturated heterocycles. The number of hydrogen-bond acceptors (Lipinski definition) is 3. The van der Waals surface area contributed by atoms with Crippen molar-refractivity contribution >= 4 is 28.1 Å². The standard InChI is InChI=1S/C23H32N2O2S.ClH/c1-4-14-24-16-20-7-5-6-19-15-21(10-13-23(19)20)25-28(26,27)22-11-8-18(9-12-22)17(2)3;/h8-13,15,17,20,24-25H,4-7,14,16H2,1-3H3;1H. The van der Waals surface area contributed by atoms with Gasteiger partial charge in [-0.25, -0.2) is 8.42 Å². The third kappa shape index (κ3) is 5.97. The van der Waals surface area contributed by atoms with E-state index in [2.05, 4.69) is 36.9 Å². The summed E-state index contributed by atoms with van der Waals surface area (Å²) in [4.78, 5) is 0.302. The van der Waals surface area contributed by atoms with E-state index in [1.54, 1.807) is 12.1 Å². The first-order chi connectivity index (χ1) is 13.4. The molecular weight excluding hydrogens is 404 g/mol. The van der Waals surface area contributed by atoms with E-state index in [1.165, 1.54) is 17.5 Å². The molecule has 1 atom stereocenters. The van der Waals surface area contributed by atoms with Gasteiger partial charge in [0.25, 0.3) is 10.0 Å². The fourth-order valence-electron chi connectivity index (χ4n) is 3.89. The molecular formula is C23H33ClN2O2S. The van der Waals surface area contributed by atoms with Crippen LogP contribution < -0.4 is 10.0 Å². The number of benzene rings is 2. The predicted molar refractivity (Wildman–Crippen MR) is 124 cm³/mol. The van der Waals surface area contributed by atoms with Gasteiger partial charge in [-0.2, -0.15) is 0 Å². The van der Waals surface area contributed by atoms with Gasteiger partial charge in [0.15, 0.2) is 0 Å². The summed E-state index contributed by atoms with van der Waals surface area (Å²) >= 11 is 0. The normalized spacial score (nSPS) is 16.2. The van der Waals surface area contributed by atoms with Crippen LogP contribution in [-0.2, 0) is 16.4 Å². The SMILES string of the molecule is CCCNCC1CCCc2cc(NS(=O)(=O)c3ccc(C(C)C)cc3)ccc21.Cl. The molecule has 1 aliphatic rings. The Balaban J connectivity index is 0.00000300. The van der Waals surface area contributed by atoms with Gasteiger partial charge in [-0.1, -0.05) is 39.0 Å². The Morgan fingerprint density at radius 2 is 1.83 bits per heavy atom. The molecule has 0 heterocycles. The number of anilines is 1. The first-order valence-electron chi connectivity index (χ1n) is 10.4. The Labute approximate surface area is 182 Å². The molecule has 3 rings (SSSR count). The smallest absolute Gasteiger partial charge is 0.261 e. The van der Waals surface area contributed by atoms with Crippen molar-refractivity contribution in [3.05, 3.63) is 59.2 Å². The molecule has 0 bridgehead atoms. The molecule has 0 aliphatic heterocycles. The lowest BCUT2D eigenvalue weighted by atomic mass is 9.82. The summed E-state index contributed by atoms with van der Waals surface area (Å²) in [6.45, 7) is 8.41. The van der Waals surface area contributed by atoms with Crippen LogP contribution in [0.4, 0.5) is 5.69 Å². The zero-order valence-corrected chi connectivity index (χ0v) is 19.2. The second-order valence-corrected chi connectivity index (χ2v) is 9.72. The maximum Gasteiger partial charge on any atom is 0.261 e. The van der Waals surface area contributed by atoms with E-state index in [0.717, 1.165) is 37.9 Å². The van der Waals surface area contributed by atoms with Crippen LogP contribution in [0.2, 0.25) is 0 Å². The molecule has 0 fully saturated rings. The van der Waals surface area contributed by atoms with Crippen molar-refractivity contribution in [2.75, 3.05) is 17.8 Å². The number of fused-ring (bicyclic) bond motifs is 1. The Hall–Kier alpha value is -1.56. The van der Waals surface area contributed by atoms with Crippen LogP contribution in [0.5, 0.6) is 0 Å². The number of sulfonamides is 1. The van der Waals surface area contributed by atoms with Crippen LogP contribution in [0.3, 0.4) is 0 Å². The van der Waals surface area contributed by atoms with Crippen LogP contribution in [0.1, 0.15) is 68.6 Å². The quantitative estimate of drug-likeness (QED) is 0.540. The molecule has 0 aromatic heterocycles. The molecule has 0 radical (unpaired) electrons. The summed E-state index contributed by atoms with van der Waals surface area (Å²) in [6.07, 6.45) is 4.49. The van der Waals surface area contributed by atoms with Crippen molar-refractivity contribution in [3.63, 3.8) is 0 Å². The van der Waals surface area contributed by atoms with E-state index in [1.807, 2.05) is 24.3 Å². The number of rotatable bonds is 8. The highest BCUT2D eigenvalue weighted by Crippen LogP contribution is 2.33. The first-order valence-corrected chi connectivity index (χ1v) is 11.9. The zero-order valence-electron chi connectivity index (χ0n) is 17.6. The van der Waals surface area contributed by atoms with Crippen molar-refractivity contribution in [1.29, 1.82) is 0 Å². The third-order valence-corrected chi connectivity index (χ3v) is 6.91. The van der Waals surface area contributed by atoms with Crippen LogP contribution in [0.25, 0.3) is 0 Å². The summed E-state index contributed by atoms with van der Waals surface area (Å²) in [5, 5.41) is 3.52. The molecule has 0 amide bonds. The van der Waals surface area contributed by atoms with Crippen LogP contribution >= 0.6 is 12.4 Å². The fraction of sp³-hybridized carbons (Fsp3) is 0.478. The Morgan fingerprint density at radius 1 is 1.10 bits per heavy atom. The number of halogens is 1. The number of nitrogens with one attached hydrogen (secondary N) is 2. The monoisotopic (exact) mass is 436 g/mol. The lowest BCUT2D eigenvalue weighted by Crippen LogP contribution is -2.25. The second kappa shape index (κ2) is 10.5. The van der Waals surface area contributed by atoms with E-state index in [0.29, 0.717) is 22.4 Å². The van der Waals surface area contributed by atoms with Gasteiger partial charge < -0.3 is 5.32 Å². The molecule has 1 unspecified atom stereocenters. The third-order valence-electron chi connectivity index (χ3n) is 5.51. The van der Waals surface area contributed by atoms with E-state index >= 15 is 0 Å². The maximum atomic E-state index is 12.8. The topological polar surface area (TPSA) is 58.2 Å². The average Bonchev–Trinajstić information content (AvgIpc) is 2.68. The number of aryl methyl sites for hydroxylation is 1. The summed E-state index contributed by atoms with van der Waals surface area (Å²) in [7, 11) is -3.58. The van der Waals surface area contributed by atoms with Crippen molar-refractivity contribution in [1.82, 2.24) is 5.32 Å². The summed E-state index contributed by atoms with van der Waals surface area (Å²) < 4.78 is 28.3. The maximum absolute atomic E-state index is 12.8. The predicted octanol–water partition coefficient (Wildman–Crippen LogP) is 5.45. The highest BCUT2D eigenvalue weighted by atomic mass is 35.5. The van der Waals surface area contributed by atoms with Gasteiger partial charge in [0.2, 0.25) is 0 Å². The summed E-state index contributed by atoms with van der Waals surface area (Å²) in [5.41, 5.74) is 4.41. The molecule has 2 aromatic carbocycles. The van der Waals surface area contributed by atoms with Gasteiger partial charge in [-0.15, -0.1) is 12.4 Å². The minimum absolute atomic E-state index is 0. The second-order valence-electron chi connectivity index (χ2n) is 8.04. The van der Waals surface area contributed by atoms with E-state index in [-0.39, 0.29) is 12.4 Å². The van der Waals surface area contributed by atoms with Crippen molar-refractivity contribution in [2.45, 2.75) is 63.2 Å². The zero-order chi connectivity index (χ0) is 20.1. The molecule has 0 spiro atoms. The van der Waals surface area contributed by atoms with E-state index in [4.69, 9.17) is 0 Å². The van der Waals surface area contributed by atoms with Crippen LogP contribution in [0, 0.1) is 0 Å². The highest BCUT2D eigenvalue weighted by molar-refractivity contribution is 7.92. The minimum atomic E-state index is -3.58. The van der Waals surface area contributed by atoms with Gasteiger partial charge in [0.05, 0.1) is 4.90 Å². The molecule has 160 valence electrons. The van der Waals surface area contributed by atoms with Gasteiger partial charge in [0, 0.05) is 12.2 Å². The molecule has 2 N–H and O–H groups in total. The highest BCUT2D eigenvalue weighted by Gasteiger charge is 2.21. The summed E-state index contributed by atoms with van der Waals surface area (Å²) in [5.74, 6) is 0.898. The molecule has 29 heavy (non-hydrogen) atoms. The lowest BCUT2D eigenvalue weighted by molar-refractivity contribution is 0.507. The Kier molecular flexibility index (Phi) is 8.56. The van der Waals surface area contributed by atoms with Gasteiger partial charge in [-0.05, 0) is 85.0 Å². The average molecular weight is 437 g/mol. The fourth-order valence-corrected chi connectivity index (χ4v) is 4.94. The van der Waals surface area contributed by atoms with Crippen LogP contribution in [0.15, 0.2) is 47.4 Å². The molecule has 4 nitrogen and oxygen atoms in total. The Morgan fingerprint density at radius 3 is 2.48 bits per heavy atom. The van der Waals surface area contributed by atoms with Crippen molar-refractivity contribution < 1.29 is 8.42 Å². The van der Waals surface area contributed by atoms with Crippen molar-refractivity contribution in [3.8, 4) is 0 Å². The van der Waals surface area contributed by atoms with E-state index in [9.17, 15) is 8.42 Å². The molecule has 1 aliphatic carbocycles. The van der Waals surface area contributed by atoms with Gasteiger partial charge in [0.1, 0.15) is 0 Å². The Bertz CT molecular complexity index is 896. The molecule has 2 aromatic rings. The first kappa shape index (κ1) is 23.7.